The Morgan fingerprint density at radius 1 is 1.38 bits per heavy atom. The Hall–Kier alpha value is -0.410. The molecule has 0 atom stereocenters. The first-order valence-corrected chi connectivity index (χ1v) is 6.60. The van der Waals surface area contributed by atoms with E-state index in [0.29, 0.717) is 6.04 Å². The zero-order chi connectivity index (χ0) is 11.5. The van der Waals surface area contributed by atoms with Gasteiger partial charge in [0.25, 0.3) is 0 Å². The molecule has 0 N–H and O–H groups in total. The van der Waals surface area contributed by atoms with Crippen LogP contribution in [-0.2, 0) is 6.54 Å². The number of hydrogen-bond donors (Lipinski definition) is 0. The van der Waals surface area contributed by atoms with Crippen LogP contribution in [0.25, 0.3) is 0 Å². The van der Waals surface area contributed by atoms with E-state index in [1.54, 1.807) is 0 Å². The van der Waals surface area contributed by atoms with E-state index in [1.165, 1.54) is 37.8 Å². The first kappa shape index (κ1) is 12.1. The van der Waals surface area contributed by atoms with Gasteiger partial charge >= 0.3 is 0 Å². The number of halogens is 2. The van der Waals surface area contributed by atoms with Gasteiger partial charge in [-0.2, -0.15) is 0 Å². The zero-order valence-electron chi connectivity index (χ0n) is 9.55. The maximum Gasteiger partial charge on any atom is 0.124 e. The van der Waals surface area contributed by atoms with E-state index >= 15 is 0 Å². The standard InChI is InChI=1S/C13H17BrFN/c1-16(12-4-2-3-5-12)9-10-6-7-11(15)8-13(10)14/h6-8,12H,2-5,9H2,1H3. The van der Waals surface area contributed by atoms with Crippen molar-refractivity contribution < 1.29 is 4.39 Å². The number of benzene rings is 1. The second-order valence-corrected chi connectivity index (χ2v) is 5.44. The highest BCUT2D eigenvalue weighted by atomic mass is 79.9. The molecule has 1 aliphatic rings. The van der Waals surface area contributed by atoms with Gasteiger partial charge in [0.1, 0.15) is 5.82 Å². The third-order valence-electron chi connectivity index (χ3n) is 3.38. The molecular formula is C13H17BrFN. The summed E-state index contributed by atoms with van der Waals surface area (Å²) in [4.78, 5) is 2.38. The molecule has 0 aromatic heterocycles. The topological polar surface area (TPSA) is 3.24 Å². The number of hydrogen-bond acceptors (Lipinski definition) is 1. The highest BCUT2D eigenvalue weighted by Crippen LogP contribution is 2.25. The first-order valence-electron chi connectivity index (χ1n) is 5.81. The zero-order valence-corrected chi connectivity index (χ0v) is 11.1. The third kappa shape index (κ3) is 2.83. The molecule has 0 spiro atoms. The van der Waals surface area contributed by atoms with Crippen LogP contribution in [0.1, 0.15) is 31.2 Å². The van der Waals surface area contributed by atoms with Crippen LogP contribution >= 0.6 is 15.9 Å². The number of nitrogens with zero attached hydrogens (tertiary/aromatic N) is 1. The normalized spacial score (nSPS) is 17.2. The van der Waals surface area contributed by atoms with Crippen molar-refractivity contribution >= 4 is 15.9 Å². The molecule has 0 amide bonds. The van der Waals surface area contributed by atoms with Crippen molar-refractivity contribution in [3.05, 3.63) is 34.1 Å². The largest absolute Gasteiger partial charge is 0.299 e. The van der Waals surface area contributed by atoms with Crippen LogP contribution in [0, 0.1) is 5.82 Å². The van der Waals surface area contributed by atoms with Crippen LogP contribution < -0.4 is 0 Å². The van der Waals surface area contributed by atoms with Gasteiger partial charge in [0.15, 0.2) is 0 Å². The maximum absolute atomic E-state index is 12.9. The lowest BCUT2D eigenvalue weighted by molar-refractivity contribution is 0.237. The average Bonchev–Trinajstić information content (AvgIpc) is 2.75. The van der Waals surface area contributed by atoms with E-state index in [1.807, 2.05) is 6.07 Å². The van der Waals surface area contributed by atoms with E-state index in [9.17, 15) is 4.39 Å². The van der Waals surface area contributed by atoms with E-state index in [4.69, 9.17) is 0 Å². The summed E-state index contributed by atoms with van der Waals surface area (Å²) < 4.78 is 13.8. The molecule has 1 aromatic rings. The predicted octanol–water partition coefficient (Wildman–Crippen LogP) is 3.96. The lowest BCUT2D eigenvalue weighted by atomic mass is 10.1. The Bertz CT molecular complexity index is 361. The predicted molar refractivity (Wildman–Crippen MR) is 67.8 cm³/mol. The monoisotopic (exact) mass is 285 g/mol. The van der Waals surface area contributed by atoms with Gasteiger partial charge in [0.05, 0.1) is 0 Å². The molecule has 1 saturated carbocycles. The molecule has 0 radical (unpaired) electrons. The second-order valence-electron chi connectivity index (χ2n) is 4.59. The Morgan fingerprint density at radius 2 is 2.06 bits per heavy atom. The summed E-state index contributed by atoms with van der Waals surface area (Å²) in [7, 11) is 2.16. The maximum atomic E-state index is 12.9. The Balaban J connectivity index is 2.02. The van der Waals surface area contributed by atoms with Crippen LogP contribution in [0.15, 0.2) is 22.7 Å². The Morgan fingerprint density at radius 3 is 2.69 bits per heavy atom. The van der Waals surface area contributed by atoms with E-state index in [2.05, 4.69) is 27.9 Å². The fourth-order valence-electron chi connectivity index (χ4n) is 2.39. The van der Waals surface area contributed by atoms with Crippen LogP contribution in [-0.4, -0.2) is 18.0 Å². The summed E-state index contributed by atoms with van der Waals surface area (Å²) in [6.45, 7) is 0.894. The minimum atomic E-state index is -0.181. The minimum Gasteiger partial charge on any atom is -0.299 e. The Labute approximate surface area is 105 Å². The fourth-order valence-corrected chi connectivity index (χ4v) is 2.87. The molecule has 0 bridgehead atoms. The molecular weight excluding hydrogens is 269 g/mol. The molecule has 0 unspecified atom stereocenters. The minimum absolute atomic E-state index is 0.181. The van der Waals surface area contributed by atoms with Gasteiger partial charge < -0.3 is 0 Å². The van der Waals surface area contributed by atoms with Crippen molar-refractivity contribution in [2.24, 2.45) is 0 Å². The molecule has 0 heterocycles. The SMILES string of the molecule is CN(Cc1ccc(F)cc1Br)C1CCCC1. The quantitative estimate of drug-likeness (QED) is 0.813. The average molecular weight is 286 g/mol. The molecule has 2 rings (SSSR count). The van der Waals surface area contributed by atoms with Crippen LogP contribution in [0.5, 0.6) is 0 Å². The summed E-state index contributed by atoms with van der Waals surface area (Å²) in [5.74, 6) is -0.181. The van der Waals surface area contributed by atoms with Gasteiger partial charge in [0, 0.05) is 17.1 Å². The van der Waals surface area contributed by atoms with Crippen LogP contribution in [0.2, 0.25) is 0 Å². The van der Waals surface area contributed by atoms with Crippen molar-refractivity contribution in [3.8, 4) is 0 Å². The van der Waals surface area contributed by atoms with E-state index < -0.39 is 0 Å². The van der Waals surface area contributed by atoms with Gasteiger partial charge in [-0.25, -0.2) is 4.39 Å². The highest BCUT2D eigenvalue weighted by molar-refractivity contribution is 9.10. The van der Waals surface area contributed by atoms with Gasteiger partial charge in [0.2, 0.25) is 0 Å². The molecule has 1 aliphatic carbocycles. The molecule has 3 heteroatoms. The van der Waals surface area contributed by atoms with Crippen LogP contribution in [0.3, 0.4) is 0 Å². The summed E-state index contributed by atoms with van der Waals surface area (Å²) in [5, 5.41) is 0. The second kappa shape index (κ2) is 5.28. The van der Waals surface area contributed by atoms with E-state index in [-0.39, 0.29) is 5.82 Å². The van der Waals surface area contributed by atoms with Gasteiger partial charge in [-0.05, 0) is 37.6 Å². The summed E-state index contributed by atoms with van der Waals surface area (Å²) in [6.07, 6.45) is 5.30. The van der Waals surface area contributed by atoms with Gasteiger partial charge in [-0.15, -0.1) is 0 Å². The summed E-state index contributed by atoms with van der Waals surface area (Å²) >= 11 is 3.42. The highest BCUT2D eigenvalue weighted by Gasteiger charge is 2.19. The first-order chi connectivity index (χ1) is 7.66. The molecule has 88 valence electrons. The lowest BCUT2D eigenvalue weighted by Gasteiger charge is -2.24. The van der Waals surface area contributed by atoms with Crippen molar-refractivity contribution in [1.29, 1.82) is 0 Å². The molecule has 1 nitrogen and oxygen atoms in total. The summed E-state index contributed by atoms with van der Waals surface area (Å²) in [6, 6.07) is 5.64. The Kier molecular flexibility index (Phi) is 3.98. The molecule has 0 saturated heterocycles. The third-order valence-corrected chi connectivity index (χ3v) is 4.12. The number of rotatable bonds is 3. The van der Waals surface area contributed by atoms with Crippen molar-refractivity contribution in [3.63, 3.8) is 0 Å². The fraction of sp³-hybridized carbons (Fsp3) is 0.538. The smallest absolute Gasteiger partial charge is 0.124 e. The van der Waals surface area contributed by atoms with Gasteiger partial charge in [-0.3, -0.25) is 4.90 Å². The molecule has 1 aromatic carbocycles. The van der Waals surface area contributed by atoms with Gasteiger partial charge in [-0.1, -0.05) is 34.8 Å². The molecule has 1 fully saturated rings. The molecule has 0 aliphatic heterocycles. The summed E-state index contributed by atoms with van der Waals surface area (Å²) in [5.41, 5.74) is 1.16. The van der Waals surface area contributed by atoms with Crippen LogP contribution in [0.4, 0.5) is 4.39 Å². The van der Waals surface area contributed by atoms with Crippen molar-refractivity contribution in [2.75, 3.05) is 7.05 Å². The lowest BCUT2D eigenvalue weighted by Crippen LogP contribution is -2.28. The van der Waals surface area contributed by atoms with E-state index in [0.717, 1.165) is 16.6 Å². The van der Waals surface area contributed by atoms with Crippen molar-refractivity contribution in [2.45, 2.75) is 38.3 Å². The molecule has 16 heavy (non-hydrogen) atoms. The van der Waals surface area contributed by atoms with Crippen molar-refractivity contribution in [1.82, 2.24) is 4.90 Å².